The summed E-state index contributed by atoms with van der Waals surface area (Å²) < 4.78 is 0. The highest BCUT2D eigenvalue weighted by atomic mass is 16.2. The third-order valence-electron chi connectivity index (χ3n) is 13.1. The van der Waals surface area contributed by atoms with E-state index < -0.39 is 10.8 Å². The van der Waals surface area contributed by atoms with E-state index in [0.29, 0.717) is 13.1 Å². The van der Waals surface area contributed by atoms with Gasteiger partial charge in [0.05, 0.1) is 39.8 Å². The topological polar surface area (TPSA) is 146 Å². The number of nitrogens with zero attached hydrogens (tertiary/aromatic N) is 5. The van der Waals surface area contributed by atoms with Crippen molar-refractivity contribution in [1.82, 2.24) is 30.5 Å². The maximum atomic E-state index is 12.9. The lowest BCUT2D eigenvalue weighted by Crippen LogP contribution is -2.36. The Balaban J connectivity index is 0.000000228. The summed E-state index contributed by atoms with van der Waals surface area (Å²) in [4.78, 5) is 48.6. The van der Waals surface area contributed by atoms with E-state index in [0.717, 1.165) is 122 Å². The number of aromatic nitrogens is 4. The Labute approximate surface area is 411 Å². The van der Waals surface area contributed by atoms with Gasteiger partial charge in [0.15, 0.2) is 0 Å². The van der Waals surface area contributed by atoms with Crippen LogP contribution in [0, 0.1) is 25.2 Å². The molecule has 2 bridgehead atoms. The van der Waals surface area contributed by atoms with Crippen LogP contribution in [0.25, 0.3) is 33.2 Å². The molecular formula is C57H77N9O3. The second-order valence-electron chi connectivity index (χ2n) is 18.0. The zero-order valence-electron chi connectivity index (χ0n) is 43.5. The van der Waals surface area contributed by atoms with Gasteiger partial charge in [-0.3, -0.25) is 24.9 Å². The van der Waals surface area contributed by atoms with Crippen molar-refractivity contribution >= 4 is 57.1 Å². The first-order chi connectivity index (χ1) is 33.3. The summed E-state index contributed by atoms with van der Waals surface area (Å²) in [6.07, 6.45) is 27.5. The van der Waals surface area contributed by atoms with Gasteiger partial charge in [-0.2, -0.15) is 10.2 Å². The Kier molecular flexibility index (Phi) is 19.4. The molecule has 10 rings (SSSR count). The van der Waals surface area contributed by atoms with Gasteiger partial charge in [-0.05, 0) is 151 Å². The van der Waals surface area contributed by atoms with Gasteiger partial charge in [0, 0.05) is 72.0 Å². The van der Waals surface area contributed by atoms with Crippen molar-refractivity contribution in [2.75, 3.05) is 36.0 Å². The van der Waals surface area contributed by atoms with E-state index in [1.165, 1.54) is 38.7 Å². The number of fused-ring (bicyclic) bond motifs is 13. The number of carbonyl (C=O) groups is 3. The molecule has 69 heavy (non-hydrogen) atoms. The molecule has 0 fully saturated rings. The number of amides is 3. The molecule has 5 aromatic rings. The number of aromatic amines is 3. The Bertz CT molecular complexity index is 2730. The molecule has 0 unspecified atom stereocenters. The number of aryl methyl sites for hydroxylation is 3. The highest BCUT2D eigenvalue weighted by Crippen LogP contribution is 2.47. The van der Waals surface area contributed by atoms with Gasteiger partial charge >= 0.3 is 0 Å². The van der Waals surface area contributed by atoms with Gasteiger partial charge in [0.25, 0.3) is 0 Å². The van der Waals surface area contributed by atoms with Crippen molar-refractivity contribution in [3.05, 3.63) is 88.4 Å². The van der Waals surface area contributed by atoms with Gasteiger partial charge in [-0.1, -0.05) is 40.7 Å². The van der Waals surface area contributed by atoms with Crippen molar-refractivity contribution in [3.8, 4) is 36.6 Å². The van der Waals surface area contributed by atoms with Crippen LogP contribution >= 0.6 is 0 Å². The Hall–Kier alpha value is -6.79. The molecule has 0 saturated carbocycles. The molecule has 3 aromatic heterocycles. The van der Waals surface area contributed by atoms with Gasteiger partial charge in [0.2, 0.25) is 18.2 Å². The van der Waals surface area contributed by atoms with E-state index in [-0.39, 0.29) is 11.8 Å². The number of hydrogen-bond donors (Lipinski definition) is 4. The average Bonchev–Trinajstić information content (AvgIpc) is 4.13. The molecule has 0 spiro atoms. The molecule has 6 heterocycles. The van der Waals surface area contributed by atoms with Gasteiger partial charge < -0.3 is 24.7 Å². The number of hydrazone groups is 1. The maximum Gasteiger partial charge on any atom is 0.237 e. The highest BCUT2D eigenvalue weighted by molar-refractivity contribution is 6.13. The lowest BCUT2D eigenvalue weighted by atomic mass is 9.85. The molecule has 2 aromatic carbocycles. The molecule has 0 atom stereocenters. The number of rotatable bonds is 7. The number of allylic oxidation sites excluding steroid dienone is 1. The van der Waals surface area contributed by atoms with Crippen LogP contribution < -0.4 is 15.2 Å². The molecule has 368 valence electrons. The van der Waals surface area contributed by atoms with E-state index in [2.05, 4.69) is 93.7 Å². The summed E-state index contributed by atoms with van der Waals surface area (Å²) in [5, 5.41) is 14.4. The first-order valence-electron chi connectivity index (χ1n) is 24.8. The summed E-state index contributed by atoms with van der Waals surface area (Å²) in [5.41, 5.74) is 18.7. The molecule has 12 heteroatoms. The first kappa shape index (κ1) is 54.8. The van der Waals surface area contributed by atoms with Crippen molar-refractivity contribution in [3.63, 3.8) is 0 Å². The minimum absolute atomic E-state index is 0.196. The van der Waals surface area contributed by atoms with Crippen LogP contribution in [0.1, 0.15) is 149 Å². The summed E-state index contributed by atoms with van der Waals surface area (Å²) in [6.45, 7) is 30.3. The summed E-state index contributed by atoms with van der Waals surface area (Å²) in [6, 6.07) is 8.86. The number of likely N-dealkylation sites (N-methyl/N-ethyl adjacent to an activating group) is 2. The molecule has 3 amide bonds. The highest BCUT2D eigenvalue weighted by Gasteiger charge is 2.45. The van der Waals surface area contributed by atoms with Crippen molar-refractivity contribution in [1.29, 1.82) is 0 Å². The third-order valence-corrected chi connectivity index (χ3v) is 13.1. The lowest BCUT2D eigenvalue weighted by Gasteiger charge is -2.19. The monoisotopic (exact) mass is 936 g/mol. The SMILES string of the molecule is C#C.C#CC.C=CCN(C=O)CC.CC.CC.CCCN1C(=O)C(C)(C)c2cc3[nH]c4c(c3cc21)CCCc1cn[nH]c1-4.CCN1C(=O)C(C)(C)c2cc3[nH]c4c(c3cc21)CCCC1=CNN=C4C1. The number of H-pyrrole nitrogens is 3. The predicted molar refractivity (Wildman–Crippen MR) is 289 cm³/mol. The first-order valence-corrected chi connectivity index (χ1v) is 24.8. The molecule has 0 radical (unpaired) electrons. The molecule has 5 aliphatic rings. The average molecular weight is 936 g/mol. The second-order valence-corrected chi connectivity index (χ2v) is 18.0. The number of benzene rings is 2. The normalized spacial score (nSPS) is 15.8. The zero-order valence-corrected chi connectivity index (χ0v) is 43.5. The van der Waals surface area contributed by atoms with Crippen molar-refractivity contribution in [2.45, 2.75) is 145 Å². The maximum absolute atomic E-state index is 12.9. The Morgan fingerprint density at radius 3 is 1.87 bits per heavy atom. The predicted octanol–water partition coefficient (Wildman–Crippen LogP) is 11.4. The number of hydrogen-bond acceptors (Lipinski definition) is 6. The summed E-state index contributed by atoms with van der Waals surface area (Å²) in [5.74, 6) is 2.66. The van der Waals surface area contributed by atoms with Crippen LogP contribution in [-0.4, -0.2) is 75.2 Å². The van der Waals surface area contributed by atoms with E-state index in [9.17, 15) is 14.4 Å². The van der Waals surface area contributed by atoms with Crippen LogP contribution in [0.4, 0.5) is 11.4 Å². The van der Waals surface area contributed by atoms with E-state index in [4.69, 9.17) is 0 Å². The fraction of sp³-hybridized carbons (Fsp3) is 0.456. The smallest absolute Gasteiger partial charge is 0.237 e. The summed E-state index contributed by atoms with van der Waals surface area (Å²) in [7, 11) is 0. The molecule has 3 aliphatic heterocycles. The molecular weight excluding hydrogens is 859 g/mol. The van der Waals surface area contributed by atoms with E-state index >= 15 is 0 Å². The minimum atomic E-state index is -0.473. The number of terminal acetylenes is 2. The van der Waals surface area contributed by atoms with Gasteiger partial charge in [0.1, 0.15) is 0 Å². The fourth-order valence-corrected chi connectivity index (χ4v) is 9.77. The Morgan fingerprint density at radius 2 is 1.35 bits per heavy atom. The molecule has 12 nitrogen and oxygen atoms in total. The summed E-state index contributed by atoms with van der Waals surface area (Å²) >= 11 is 0. The van der Waals surface area contributed by atoms with E-state index in [1.807, 2.05) is 91.4 Å². The van der Waals surface area contributed by atoms with E-state index in [1.54, 1.807) is 17.9 Å². The molecule has 2 aliphatic carbocycles. The molecule has 4 N–H and O–H groups in total. The largest absolute Gasteiger partial charge is 0.353 e. The standard InChI is InChI=1S/2C21H24N4O.C6H11NO.C3H4.2C2H6.C2H2/c1-4-25-18-9-14-13-7-5-6-12-8-17(24-22-11-12)19(13)23-16(14)10-15(18)21(2,3)20(25)26;1-4-8-25-17-9-14-13-7-5-6-12-11-22-24-18(12)19(13)23-16(14)10-15(17)21(2,3)20(25)26;1-3-5-7(4-2)6-8;1-3-2;3*1-2/h9-11,22-23H,4-8H2,1-3H3;9-11,23H,4-8H2,1-3H3,(H,22,24);3,6H,1,4-5H2,2H3;1H,2H3;2*1-2H3;1-2H. The van der Waals surface area contributed by atoms with Crippen LogP contribution in [0.2, 0.25) is 0 Å². The number of carbonyl (C=O) groups excluding carboxylic acids is 3. The van der Waals surface area contributed by atoms with Crippen molar-refractivity contribution in [2.24, 2.45) is 5.10 Å². The number of anilines is 2. The van der Waals surface area contributed by atoms with Gasteiger partial charge in [-0.15, -0.1) is 31.8 Å². The second kappa shape index (κ2) is 24.5. The number of nitrogens with one attached hydrogen (secondary N) is 4. The van der Waals surface area contributed by atoms with Crippen LogP contribution in [0.3, 0.4) is 0 Å². The van der Waals surface area contributed by atoms with Crippen LogP contribution in [0.5, 0.6) is 0 Å². The zero-order chi connectivity index (χ0) is 51.2. The lowest BCUT2D eigenvalue weighted by molar-refractivity contribution is -0.122. The van der Waals surface area contributed by atoms with Crippen LogP contribution in [0.15, 0.2) is 60.0 Å². The van der Waals surface area contributed by atoms with Gasteiger partial charge in [-0.25, -0.2) is 0 Å². The quantitative estimate of drug-likeness (QED) is 0.0729. The van der Waals surface area contributed by atoms with Crippen molar-refractivity contribution < 1.29 is 14.4 Å². The van der Waals surface area contributed by atoms with Crippen LogP contribution in [-0.2, 0) is 44.5 Å². The Morgan fingerprint density at radius 1 is 0.812 bits per heavy atom. The third kappa shape index (κ3) is 10.8. The fourth-order valence-electron chi connectivity index (χ4n) is 9.77. The minimum Gasteiger partial charge on any atom is -0.353 e. The molecule has 0 saturated heterocycles.